The normalized spacial score (nSPS) is 13.0. The molecule has 1 N–H and O–H groups in total. The molecule has 34 heavy (non-hydrogen) atoms. The lowest BCUT2D eigenvalue weighted by atomic mass is 10.1. The molecule has 0 radical (unpaired) electrons. The van der Waals surface area contributed by atoms with Crippen molar-refractivity contribution in [2.24, 2.45) is 0 Å². The second kappa shape index (κ2) is 11.9. The number of para-hydroxylation sites is 2. The molecule has 0 aliphatic carbocycles. The molecule has 2 amide bonds. The van der Waals surface area contributed by atoms with Gasteiger partial charge >= 0.3 is 0 Å². The maximum Gasteiger partial charge on any atom is 0.244 e. The highest BCUT2D eigenvalue weighted by Crippen LogP contribution is 2.29. The number of rotatable bonds is 11. The summed E-state index contributed by atoms with van der Waals surface area (Å²) < 4.78 is 31.7. The number of anilines is 1. The lowest BCUT2D eigenvalue weighted by Gasteiger charge is -2.32. The van der Waals surface area contributed by atoms with E-state index in [1.165, 1.54) is 12.0 Å². The third-order valence-electron chi connectivity index (χ3n) is 5.80. The molecular weight excluding hydrogens is 454 g/mol. The number of carbonyl (C=O) groups excluding carboxylic acids is 2. The van der Waals surface area contributed by atoms with Crippen LogP contribution >= 0.6 is 0 Å². The van der Waals surface area contributed by atoms with Gasteiger partial charge in [-0.3, -0.25) is 13.9 Å². The minimum Gasteiger partial charge on any atom is -0.495 e. The number of carbonyl (C=O) groups is 2. The summed E-state index contributed by atoms with van der Waals surface area (Å²) in [6.45, 7) is 7.14. The number of methoxy groups -OCH3 is 1. The van der Waals surface area contributed by atoms with Crippen LogP contribution in [0.4, 0.5) is 5.69 Å². The number of sulfonamides is 1. The van der Waals surface area contributed by atoms with E-state index in [2.05, 4.69) is 5.32 Å². The third-order valence-corrected chi connectivity index (χ3v) is 6.93. The molecule has 0 spiro atoms. The van der Waals surface area contributed by atoms with Gasteiger partial charge in [0.2, 0.25) is 21.8 Å². The Kier molecular flexibility index (Phi) is 9.49. The highest BCUT2D eigenvalue weighted by atomic mass is 32.2. The molecule has 2 unspecified atom stereocenters. The number of aryl methyl sites for hydroxylation is 1. The number of benzene rings is 2. The molecule has 0 fully saturated rings. The molecule has 0 bridgehead atoms. The van der Waals surface area contributed by atoms with Gasteiger partial charge in [-0.2, -0.15) is 0 Å². The third kappa shape index (κ3) is 6.96. The summed E-state index contributed by atoms with van der Waals surface area (Å²) in [4.78, 5) is 27.9. The zero-order valence-electron chi connectivity index (χ0n) is 20.7. The molecule has 2 aromatic rings. The van der Waals surface area contributed by atoms with E-state index in [4.69, 9.17) is 4.74 Å². The van der Waals surface area contributed by atoms with E-state index in [1.54, 1.807) is 31.2 Å². The van der Waals surface area contributed by atoms with E-state index in [0.29, 0.717) is 5.75 Å². The first-order valence-corrected chi connectivity index (χ1v) is 13.1. The summed E-state index contributed by atoms with van der Waals surface area (Å²) in [5.41, 5.74) is 2.11. The Morgan fingerprint density at radius 1 is 1.06 bits per heavy atom. The summed E-state index contributed by atoms with van der Waals surface area (Å²) in [7, 11) is -2.39. The molecule has 186 valence electrons. The Morgan fingerprint density at radius 2 is 1.68 bits per heavy atom. The van der Waals surface area contributed by atoms with Gasteiger partial charge in [0.05, 0.1) is 19.1 Å². The predicted molar refractivity (Wildman–Crippen MR) is 134 cm³/mol. The van der Waals surface area contributed by atoms with E-state index >= 15 is 0 Å². The average molecular weight is 490 g/mol. The monoisotopic (exact) mass is 489 g/mol. The SMILES string of the molecule is CCC(C)NC(=O)C(C)N(Cc1ccccc1C)C(=O)CN(c1ccccc1OC)S(C)(=O)=O. The molecule has 0 saturated carbocycles. The van der Waals surface area contributed by atoms with Gasteiger partial charge in [-0.05, 0) is 50.5 Å². The number of hydrogen-bond acceptors (Lipinski definition) is 5. The summed E-state index contributed by atoms with van der Waals surface area (Å²) in [6.07, 6.45) is 1.79. The van der Waals surface area contributed by atoms with Gasteiger partial charge in [0.25, 0.3) is 0 Å². The number of amides is 2. The minimum absolute atomic E-state index is 0.0496. The number of nitrogens with one attached hydrogen (secondary N) is 1. The van der Waals surface area contributed by atoms with Crippen molar-refractivity contribution in [1.29, 1.82) is 0 Å². The van der Waals surface area contributed by atoms with Gasteiger partial charge in [-0.1, -0.05) is 43.3 Å². The molecule has 9 heteroatoms. The average Bonchev–Trinajstić information content (AvgIpc) is 2.80. The Bertz CT molecular complexity index is 1100. The Balaban J connectivity index is 2.44. The van der Waals surface area contributed by atoms with Crippen molar-refractivity contribution in [2.75, 3.05) is 24.2 Å². The summed E-state index contributed by atoms with van der Waals surface area (Å²) in [6, 6.07) is 13.3. The fraction of sp³-hybridized carbons (Fsp3) is 0.440. The maximum atomic E-state index is 13.6. The minimum atomic E-state index is -3.82. The molecule has 0 aliphatic heterocycles. The summed E-state index contributed by atoms with van der Waals surface area (Å²) >= 11 is 0. The predicted octanol–water partition coefficient (Wildman–Crippen LogP) is 3.10. The molecule has 2 atom stereocenters. The molecule has 0 aliphatic rings. The van der Waals surface area contributed by atoms with Crippen LogP contribution in [0.1, 0.15) is 38.3 Å². The van der Waals surface area contributed by atoms with Crippen molar-refractivity contribution >= 4 is 27.5 Å². The van der Waals surface area contributed by atoms with Gasteiger partial charge < -0.3 is 15.0 Å². The molecule has 0 heterocycles. The highest BCUT2D eigenvalue weighted by molar-refractivity contribution is 7.92. The highest BCUT2D eigenvalue weighted by Gasteiger charge is 2.31. The van der Waals surface area contributed by atoms with Crippen LogP contribution in [0.2, 0.25) is 0 Å². The Hall–Kier alpha value is -3.07. The second-order valence-corrected chi connectivity index (χ2v) is 10.3. The van der Waals surface area contributed by atoms with Crippen LogP contribution in [0.15, 0.2) is 48.5 Å². The van der Waals surface area contributed by atoms with Gasteiger partial charge in [0, 0.05) is 12.6 Å². The summed E-state index contributed by atoms with van der Waals surface area (Å²) in [5.74, 6) is -0.459. The largest absolute Gasteiger partial charge is 0.495 e. The first-order chi connectivity index (χ1) is 16.0. The van der Waals surface area contributed by atoms with Crippen molar-refractivity contribution in [3.05, 3.63) is 59.7 Å². The van der Waals surface area contributed by atoms with Crippen LogP contribution in [-0.4, -0.2) is 57.1 Å². The van der Waals surface area contributed by atoms with E-state index < -0.39 is 28.5 Å². The van der Waals surface area contributed by atoms with Gasteiger partial charge in [0.15, 0.2) is 0 Å². The Labute approximate surface area is 202 Å². The second-order valence-electron chi connectivity index (χ2n) is 8.38. The molecule has 8 nitrogen and oxygen atoms in total. The van der Waals surface area contributed by atoms with Crippen LogP contribution in [0, 0.1) is 6.92 Å². The number of hydrogen-bond donors (Lipinski definition) is 1. The van der Waals surface area contributed by atoms with Gasteiger partial charge in [-0.15, -0.1) is 0 Å². The van der Waals surface area contributed by atoms with Crippen LogP contribution in [0.3, 0.4) is 0 Å². The standard InChI is InChI=1S/C25H35N3O5S/c1-7-19(3)26-25(30)20(4)27(16-21-13-9-8-12-18(21)2)24(29)17-28(34(6,31)32)22-14-10-11-15-23(22)33-5/h8-15,19-20H,7,16-17H2,1-6H3,(H,26,30). The quantitative estimate of drug-likeness (QED) is 0.523. The lowest BCUT2D eigenvalue weighted by molar-refractivity contribution is -0.139. The van der Waals surface area contributed by atoms with E-state index in [1.807, 2.05) is 45.0 Å². The zero-order valence-corrected chi connectivity index (χ0v) is 21.6. The molecule has 2 aromatic carbocycles. The molecule has 2 rings (SSSR count). The first-order valence-electron chi connectivity index (χ1n) is 11.2. The van der Waals surface area contributed by atoms with E-state index in [-0.39, 0.29) is 24.2 Å². The number of ether oxygens (including phenoxy) is 1. The van der Waals surface area contributed by atoms with Crippen LogP contribution in [0.25, 0.3) is 0 Å². The Morgan fingerprint density at radius 3 is 2.26 bits per heavy atom. The van der Waals surface area contributed by atoms with Crippen LogP contribution < -0.4 is 14.4 Å². The first kappa shape index (κ1) is 27.2. The van der Waals surface area contributed by atoms with Gasteiger partial charge in [0.1, 0.15) is 18.3 Å². The van der Waals surface area contributed by atoms with Crippen molar-refractivity contribution in [3.8, 4) is 5.75 Å². The van der Waals surface area contributed by atoms with E-state index in [0.717, 1.165) is 28.1 Å². The van der Waals surface area contributed by atoms with Crippen molar-refractivity contribution in [1.82, 2.24) is 10.2 Å². The smallest absolute Gasteiger partial charge is 0.244 e. The molecule has 0 aromatic heterocycles. The maximum absolute atomic E-state index is 13.6. The number of nitrogens with zero attached hydrogens (tertiary/aromatic N) is 2. The molecular formula is C25H35N3O5S. The summed E-state index contributed by atoms with van der Waals surface area (Å²) in [5, 5.41) is 2.91. The zero-order chi connectivity index (χ0) is 25.5. The van der Waals surface area contributed by atoms with Crippen molar-refractivity contribution in [3.63, 3.8) is 0 Å². The van der Waals surface area contributed by atoms with Crippen molar-refractivity contribution in [2.45, 2.75) is 52.7 Å². The van der Waals surface area contributed by atoms with Crippen molar-refractivity contribution < 1.29 is 22.7 Å². The lowest BCUT2D eigenvalue weighted by Crippen LogP contribution is -2.52. The van der Waals surface area contributed by atoms with Crippen LogP contribution in [-0.2, 0) is 26.2 Å². The fourth-order valence-electron chi connectivity index (χ4n) is 3.45. The fourth-order valence-corrected chi connectivity index (χ4v) is 4.30. The van der Waals surface area contributed by atoms with Crippen LogP contribution in [0.5, 0.6) is 5.75 Å². The van der Waals surface area contributed by atoms with E-state index in [9.17, 15) is 18.0 Å². The van der Waals surface area contributed by atoms with Gasteiger partial charge in [-0.25, -0.2) is 8.42 Å². The molecule has 0 saturated heterocycles. The topological polar surface area (TPSA) is 96.0 Å².